The van der Waals surface area contributed by atoms with Crippen molar-refractivity contribution in [1.29, 1.82) is 5.26 Å². The SMILES string of the molecule is N#Cc1cccc(Nc2cncc(C(=O)NCc3ccc(Cl)cc3)c2)c1. The van der Waals surface area contributed by atoms with Crippen molar-refractivity contribution in [1.82, 2.24) is 10.3 Å². The van der Waals surface area contributed by atoms with Crippen molar-refractivity contribution in [2.24, 2.45) is 0 Å². The third-order valence-corrected chi connectivity index (χ3v) is 3.90. The first-order valence-corrected chi connectivity index (χ1v) is 8.27. The first kappa shape index (κ1) is 17.5. The van der Waals surface area contributed by atoms with Crippen molar-refractivity contribution in [2.45, 2.75) is 6.54 Å². The lowest BCUT2D eigenvalue weighted by Gasteiger charge is -2.09. The smallest absolute Gasteiger partial charge is 0.253 e. The Morgan fingerprint density at radius 1 is 1.08 bits per heavy atom. The van der Waals surface area contributed by atoms with Crippen LogP contribution in [0.25, 0.3) is 0 Å². The number of rotatable bonds is 5. The van der Waals surface area contributed by atoms with E-state index in [1.54, 1.807) is 42.6 Å². The van der Waals surface area contributed by atoms with Gasteiger partial charge in [0.15, 0.2) is 0 Å². The highest BCUT2D eigenvalue weighted by Gasteiger charge is 2.07. The Kier molecular flexibility index (Phi) is 5.47. The molecular weight excluding hydrogens is 348 g/mol. The molecule has 1 amide bonds. The molecule has 0 aliphatic heterocycles. The second kappa shape index (κ2) is 8.15. The van der Waals surface area contributed by atoms with E-state index in [2.05, 4.69) is 21.7 Å². The van der Waals surface area contributed by atoms with Gasteiger partial charge in [-0.15, -0.1) is 0 Å². The summed E-state index contributed by atoms with van der Waals surface area (Å²) in [4.78, 5) is 16.4. The van der Waals surface area contributed by atoms with Gasteiger partial charge in [0.1, 0.15) is 0 Å². The maximum absolute atomic E-state index is 12.3. The zero-order valence-corrected chi connectivity index (χ0v) is 14.5. The average molecular weight is 363 g/mol. The number of aromatic nitrogens is 1. The molecule has 2 N–H and O–H groups in total. The quantitative estimate of drug-likeness (QED) is 0.710. The van der Waals surface area contributed by atoms with Gasteiger partial charge in [-0.25, -0.2) is 0 Å². The molecule has 5 nitrogen and oxygen atoms in total. The highest BCUT2D eigenvalue weighted by Crippen LogP contribution is 2.18. The maximum Gasteiger partial charge on any atom is 0.253 e. The van der Waals surface area contributed by atoms with Gasteiger partial charge in [-0.05, 0) is 42.0 Å². The van der Waals surface area contributed by atoms with Gasteiger partial charge in [-0.2, -0.15) is 5.26 Å². The van der Waals surface area contributed by atoms with Crippen molar-refractivity contribution in [3.63, 3.8) is 0 Å². The number of anilines is 2. The summed E-state index contributed by atoms with van der Waals surface area (Å²) in [7, 11) is 0. The molecule has 6 heteroatoms. The number of carbonyl (C=O) groups is 1. The molecule has 0 saturated heterocycles. The Balaban J connectivity index is 1.67. The van der Waals surface area contributed by atoms with Crippen molar-refractivity contribution < 1.29 is 4.79 Å². The Hall–Kier alpha value is -3.36. The molecule has 0 unspecified atom stereocenters. The molecule has 0 spiro atoms. The van der Waals surface area contributed by atoms with E-state index >= 15 is 0 Å². The summed E-state index contributed by atoms with van der Waals surface area (Å²) in [5, 5.41) is 15.6. The van der Waals surface area contributed by atoms with Crippen LogP contribution in [0.3, 0.4) is 0 Å². The lowest BCUT2D eigenvalue weighted by molar-refractivity contribution is 0.0950. The first-order valence-electron chi connectivity index (χ1n) is 7.89. The van der Waals surface area contributed by atoms with Crippen LogP contribution in [-0.4, -0.2) is 10.9 Å². The molecule has 0 aliphatic rings. The molecule has 0 saturated carbocycles. The van der Waals surface area contributed by atoms with Crippen LogP contribution in [0.1, 0.15) is 21.5 Å². The molecule has 0 bridgehead atoms. The molecule has 1 heterocycles. The average Bonchev–Trinajstić information content (AvgIpc) is 2.67. The van der Waals surface area contributed by atoms with Crippen LogP contribution in [-0.2, 0) is 6.54 Å². The van der Waals surface area contributed by atoms with Gasteiger partial charge >= 0.3 is 0 Å². The predicted molar refractivity (Wildman–Crippen MR) is 101 cm³/mol. The van der Waals surface area contributed by atoms with Gasteiger partial charge in [-0.3, -0.25) is 9.78 Å². The summed E-state index contributed by atoms with van der Waals surface area (Å²) in [6.07, 6.45) is 3.13. The minimum Gasteiger partial charge on any atom is -0.354 e. The van der Waals surface area contributed by atoms with E-state index in [1.165, 1.54) is 6.20 Å². The molecule has 26 heavy (non-hydrogen) atoms. The monoisotopic (exact) mass is 362 g/mol. The molecule has 128 valence electrons. The highest BCUT2D eigenvalue weighted by atomic mass is 35.5. The molecule has 0 aliphatic carbocycles. The van der Waals surface area contributed by atoms with Gasteiger partial charge in [0.05, 0.1) is 29.1 Å². The van der Waals surface area contributed by atoms with Crippen LogP contribution in [0, 0.1) is 11.3 Å². The third kappa shape index (κ3) is 4.59. The summed E-state index contributed by atoms with van der Waals surface area (Å²) >= 11 is 5.85. The van der Waals surface area contributed by atoms with Crippen LogP contribution in [0.5, 0.6) is 0 Å². The predicted octanol–water partition coefficient (Wildman–Crippen LogP) is 4.28. The van der Waals surface area contributed by atoms with Gasteiger partial charge < -0.3 is 10.6 Å². The zero-order valence-electron chi connectivity index (χ0n) is 13.7. The summed E-state index contributed by atoms with van der Waals surface area (Å²) in [6.45, 7) is 0.401. The molecule has 1 aromatic heterocycles. The Morgan fingerprint density at radius 2 is 1.88 bits per heavy atom. The topological polar surface area (TPSA) is 77.8 Å². The largest absolute Gasteiger partial charge is 0.354 e. The van der Waals surface area contributed by atoms with E-state index in [0.29, 0.717) is 28.4 Å². The molecule has 0 atom stereocenters. The summed E-state index contributed by atoms with van der Waals surface area (Å²) in [5.74, 6) is -0.220. The van der Waals surface area contributed by atoms with Crippen molar-refractivity contribution in [3.8, 4) is 6.07 Å². The maximum atomic E-state index is 12.3. The molecule has 0 radical (unpaired) electrons. The summed E-state index contributed by atoms with van der Waals surface area (Å²) in [6, 6.07) is 18.2. The van der Waals surface area contributed by atoms with E-state index < -0.39 is 0 Å². The number of carbonyl (C=O) groups excluding carboxylic acids is 1. The van der Waals surface area contributed by atoms with Crippen LogP contribution >= 0.6 is 11.6 Å². The Labute approximate surface area is 156 Å². The lowest BCUT2D eigenvalue weighted by atomic mass is 10.2. The minimum absolute atomic E-state index is 0.220. The number of amides is 1. The van der Waals surface area contributed by atoms with Crippen molar-refractivity contribution in [3.05, 3.63) is 88.7 Å². The lowest BCUT2D eigenvalue weighted by Crippen LogP contribution is -2.23. The number of halogens is 1. The standard InChI is InChI=1S/C20H15ClN4O/c21-17-6-4-14(5-7-17)11-24-20(26)16-9-19(13-23-12-16)25-18-3-1-2-15(8-18)10-22/h1-9,12-13,25H,11H2,(H,24,26). The fourth-order valence-electron chi connectivity index (χ4n) is 2.35. The normalized spacial score (nSPS) is 10.0. The van der Waals surface area contributed by atoms with Crippen LogP contribution in [0.4, 0.5) is 11.4 Å². The van der Waals surface area contributed by atoms with Gasteiger partial charge in [0.25, 0.3) is 5.91 Å². The number of benzene rings is 2. The molecule has 0 fully saturated rings. The molecule has 3 aromatic rings. The van der Waals surface area contributed by atoms with E-state index in [4.69, 9.17) is 16.9 Å². The van der Waals surface area contributed by atoms with E-state index in [-0.39, 0.29) is 5.91 Å². The Morgan fingerprint density at radius 3 is 2.65 bits per heavy atom. The van der Waals surface area contributed by atoms with E-state index in [0.717, 1.165) is 11.3 Å². The summed E-state index contributed by atoms with van der Waals surface area (Å²) in [5.41, 5.74) is 3.38. The first-order chi connectivity index (χ1) is 12.6. The zero-order chi connectivity index (χ0) is 18.4. The van der Waals surface area contributed by atoms with E-state index in [9.17, 15) is 4.79 Å². The van der Waals surface area contributed by atoms with Gasteiger partial charge in [-0.1, -0.05) is 29.8 Å². The number of nitrogens with zero attached hydrogens (tertiary/aromatic N) is 2. The molecular formula is C20H15ClN4O. The highest BCUT2D eigenvalue weighted by molar-refractivity contribution is 6.30. The van der Waals surface area contributed by atoms with Crippen LogP contribution < -0.4 is 10.6 Å². The van der Waals surface area contributed by atoms with E-state index in [1.807, 2.05) is 18.2 Å². The molecule has 3 rings (SSSR count). The number of hydrogen-bond donors (Lipinski definition) is 2. The molecule has 2 aromatic carbocycles. The number of nitriles is 1. The van der Waals surface area contributed by atoms with Gasteiger partial charge in [0, 0.05) is 23.5 Å². The second-order valence-electron chi connectivity index (χ2n) is 5.59. The Bertz CT molecular complexity index is 964. The fraction of sp³-hybridized carbons (Fsp3) is 0.0500. The van der Waals surface area contributed by atoms with Crippen LogP contribution in [0.2, 0.25) is 5.02 Å². The second-order valence-corrected chi connectivity index (χ2v) is 6.03. The van der Waals surface area contributed by atoms with Crippen molar-refractivity contribution in [2.75, 3.05) is 5.32 Å². The van der Waals surface area contributed by atoms with Crippen LogP contribution in [0.15, 0.2) is 67.0 Å². The third-order valence-electron chi connectivity index (χ3n) is 3.65. The van der Waals surface area contributed by atoms with Gasteiger partial charge in [0.2, 0.25) is 0 Å². The number of pyridine rings is 1. The minimum atomic E-state index is -0.220. The summed E-state index contributed by atoms with van der Waals surface area (Å²) < 4.78 is 0. The van der Waals surface area contributed by atoms with Crippen molar-refractivity contribution >= 4 is 28.9 Å². The fourth-order valence-corrected chi connectivity index (χ4v) is 2.48. The number of nitrogens with one attached hydrogen (secondary N) is 2. The number of hydrogen-bond acceptors (Lipinski definition) is 4.